The molecule has 6 heteroatoms. The molecule has 0 spiro atoms. The third-order valence-electron chi connectivity index (χ3n) is 2.74. The molecule has 0 amide bonds. The monoisotopic (exact) mass is 298 g/mol. The molecule has 2 N–H and O–H groups in total. The molecule has 0 unspecified atom stereocenters. The minimum atomic E-state index is -0.132. The van der Waals surface area contributed by atoms with E-state index in [1.807, 2.05) is 0 Å². The fourth-order valence-electron chi connectivity index (χ4n) is 2.04. The first-order valence-electron chi connectivity index (χ1n) is 5.94. The summed E-state index contributed by atoms with van der Waals surface area (Å²) in [6, 6.07) is 5.29. The summed E-state index contributed by atoms with van der Waals surface area (Å²) in [5.41, 5.74) is 8.13. The summed E-state index contributed by atoms with van der Waals surface area (Å²) in [4.78, 5) is 0. The summed E-state index contributed by atoms with van der Waals surface area (Å²) >= 11 is 12.1. The molecule has 0 aliphatic carbocycles. The van der Waals surface area contributed by atoms with Gasteiger partial charge in [-0.05, 0) is 18.2 Å². The Bertz CT molecular complexity index is 579. The highest BCUT2D eigenvalue weighted by Crippen LogP contribution is 2.29. The van der Waals surface area contributed by atoms with Gasteiger partial charge in [-0.15, -0.1) is 5.10 Å². The lowest BCUT2D eigenvalue weighted by Crippen LogP contribution is -2.20. The highest BCUT2D eigenvalue weighted by atomic mass is 35.5. The molecule has 0 aliphatic heterocycles. The van der Waals surface area contributed by atoms with Crippen LogP contribution >= 0.6 is 23.2 Å². The van der Waals surface area contributed by atoms with Crippen LogP contribution in [0, 0.1) is 0 Å². The van der Waals surface area contributed by atoms with Crippen molar-refractivity contribution < 1.29 is 0 Å². The Balaban J connectivity index is 2.66. The van der Waals surface area contributed by atoms with Crippen LogP contribution in [-0.4, -0.2) is 15.0 Å². The van der Waals surface area contributed by atoms with Crippen molar-refractivity contribution in [3.8, 4) is 5.69 Å². The summed E-state index contributed by atoms with van der Waals surface area (Å²) in [6.07, 6.45) is 0. The number of hydrogen-bond acceptors (Lipinski definition) is 3. The standard InChI is InChI=1S/C13H16Cl2N4/c1-13(2,3)12-11(7-16)17-18-19(12)10-5-8(14)4-9(15)6-10/h4-6H,7,16H2,1-3H3. The van der Waals surface area contributed by atoms with Crippen LogP contribution in [0.2, 0.25) is 10.0 Å². The van der Waals surface area contributed by atoms with Gasteiger partial charge >= 0.3 is 0 Å². The van der Waals surface area contributed by atoms with E-state index < -0.39 is 0 Å². The van der Waals surface area contributed by atoms with E-state index in [2.05, 4.69) is 31.1 Å². The number of nitrogens with two attached hydrogens (primary N) is 1. The van der Waals surface area contributed by atoms with Crippen LogP contribution in [0.3, 0.4) is 0 Å². The molecule has 0 radical (unpaired) electrons. The molecule has 0 saturated carbocycles. The predicted molar refractivity (Wildman–Crippen MR) is 78.0 cm³/mol. The second kappa shape index (κ2) is 5.12. The van der Waals surface area contributed by atoms with Crippen molar-refractivity contribution >= 4 is 23.2 Å². The van der Waals surface area contributed by atoms with Crippen molar-refractivity contribution in [2.75, 3.05) is 0 Å². The minimum absolute atomic E-state index is 0.132. The lowest BCUT2D eigenvalue weighted by Gasteiger charge is -2.21. The normalized spacial score (nSPS) is 11.9. The maximum Gasteiger partial charge on any atom is 0.100 e. The number of benzene rings is 1. The molecule has 1 heterocycles. The Kier molecular flexibility index (Phi) is 3.85. The second-order valence-electron chi connectivity index (χ2n) is 5.38. The highest BCUT2D eigenvalue weighted by Gasteiger charge is 2.25. The highest BCUT2D eigenvalue weighted by molar-refractivity contribution is 6.34. The molecule has 1 aromatic heterocycles. The quantitative estimate of drug-likeness (QED) is 0.925. The molecule has 0 atom stereocenters. The van der Waals surface area contributed by atoms with Crippen LogP contribution in [0.25, 0.3) is 5.69 Å². The molecule has 0 bridgehead atoms. The predicted octanol–water partition coefficient (Wildman–Crippen LogP) is 3.33. The van der Waals surface area contributed by atoms with Crippen molar-refractivity contribution in [3.63, 3.8) is 0 Å². The van der Waals surface area contributed by atoms with Gasteiger partial charge in [0.15, 0.2) is 0 Å². The summed E-state index contributed by atoms with van der Waals surface area (Å²) in [7, 11) is 0. The lowest BCUT2D eigenvalue weighted by atomic mass is 9.90. The van der Waals surface area contributed by atoms with E-state index in [1.54, 1.807) is 22.9 Å². The summed E-state index contributed by atoms with van der Waals surface area (Å²) in [6.45, 7) is 6.62. The average Bonchev–Trinajstić information content (AvgIpc) is 2.70. The first kappa shape index (κ1) is 14.3. The molecule has 2 rings (SSSR count). The third-order valence-corrected chi connectivity index (χ3v) is 3.17. The first-order chi connectivity index (χ1) is 8.82. The number of halogens is 2. The van der Waals surface area contributed by atoms with E-state index in [1.165, 1.54) is 0 Å². The van der Waals surface area contributed by atoms with E-state index in [0.717, 1.165) is 17.1 Å². The Morgan fingerprint density at radius 2 is 1.74 bits per heavy atom. The third kappa shape index (κ3) is 2.91. The van der Waals surface area contributed by atoms with Gasteiger partial charge in [0.25, 0.3) is 0 Å². The van der Waals surface area contributed by atoms with Gasteiger partial charge in [-0.3, -0.25) is 0 Å². The van der Waals surface area contributed by atoms with E-state index >= 15 is 0 Å². The molecule has 0 fully saturated rings. The smallest absolute Gasteiger partial charge is 0.100 e. The zero-order valence-corrected chi connectivity index (χ0v) is 12.6. The number of aromatic nitrogens is 3. The van der Waals surface area contributed by atoms with Gasteiger partial charge < -0.3 is 5.73 Å². The first-order valence-corrected chi connectivity index (χ1v) is 6.70. The summed E-state index contributed by atoms with van der Waals surface area (Å²) in [5.74, 6) is 0. The van der Waals surface area contributed by atoms with Crippen molar-refractivity contribution in [2.24, 2.45) is 5.73 Å². The number of hydrogen-bond donors (Lipinski definition) is 1. The molecular weight excluding hydrogens is 283 g/mol. The van der Waals surface area contributed by atoms with Gasteiger partial charge in [0.05, 0.1) is 11.4 Å². The Hall–Kier alpha value is -1.10. The number of nitrogens with zero attached hydrogens (tertiary/aromatic N) is 3. The van der Waals surface area contributed by atoms with Crippen LogP contribution in [-0.2, 0) is 12.0 Å². The lowest BCUT2D eigenvalue weighted by molar-refractivity contribution is 0.537. The van der Waals surface area contributed by atoms with Gasteiger partial charge in [0.2, 0.25) is 0 Å². The van der Waals surface area contributed by atoms with E-state index in [9.17, 15) is 0 Å². The Morgan fingerprint density at radius 1 is 1.16 bits per heavy atom. The fraction of sp³-hybridized carbons (Fsp3) is 0.385. The minimum Gasteiger partial charge on any atom is -0.325 e. The van der Waals surface area contributed by atoms with Crippen LogP contribution in [0.5, 0.6) is 0 Å². The average molecular weight is 299 g/mol. The van der Waals surface area contributed by atoms with E-state index in [4.69, 9.17) is 28.9 Å². The van der Waals surface area contributed by atoms with Gasteiger partial charge in [-0.2, -0.15) is 0 Å². The molecule has 0 aliphatic rings. The maximum atomic E-state index is 6.04. The van der Waals surface area contributed by atoms with Crippen molar-refractivity contribution in [3.05, 3.63) is 39.6 Å². The van der Waals surface area contributed by atoms with Gasteiger partial charge in [0.1, 0.15) is 5.69 Å². The topological polar surface area (TPSA) is 56.7 Å². The molecular formula is C13H16Cl2N4. The molecule has 102 valence electrons. The molecule has 2 aromatic rings. The Labute approximate surface area is 122 Å². The van der Waals surface area contributed by atoms with Crippen molar-refractivity contribution in [1.29, 1.82) is 0 Å². The van der Waals surface area contributed by atoms with Gasteiger partial charge in [-0.1, -0.05) is 49.2 Å². The molecule has 1 aromatic carbocycles. The van der Waals surface area contributed by atoms with Gasteiger partial charge in [-0.25, -0.2) is 4.68 Å². The largest absolute Gasteiger partial charge is 0.325 e. The van der Waals surface area contributed by atoms with Crippen LogP contribution in [0.4, 0.5) is 0 Å². The van der Waals surface area contributed by atoms with Crippen molar-refractivity contribution in [1.82, 2.24) is 15.0 Å². The fourth-order valence-corrected chi connectivity index (χ4v) is 2.56. The SMILES string of the molecule is CC(C)(C)c1c(CN)nnn1-c1cc(Cl)cc(Cl)c1. The molecule has 0 saturated heterocycles. The van der Waals surface area contributed by atoms with Crippen LogP contribution in [0.15, 0.2) is 18.2 Å². The van der Waals surface area contributed by atoms with Crippen LogP contribution < -0.4 is 5.73 Å². The summed E-state index contributed by atoms with van der Waals surface area (Å²) < 4.78 is 1.75. The number of rotatable bonds is 2. The van der Waals surface area contributed by atoms with Gasteiger partial charge in [0, 0.05) is 22.0 Å². The van der Waals surface area contributed by atoms with Crippen LogP contribution in [0.1, 0.15) is 32.2 Å². The van der Waals surface area contributed by atoms with E-state index in [0.29, 0.717) is 16.6 Å². The zero-order chi connectivity index (χ0) is 14.2. The zero-order valence-electron chi connectivity index (χ0n) is 11.1. The van der Waals surface area contributed by atoms with Crippen molar-refractivity contribution in [2.45, 2.75) is 32.7 Å². The second-order valence-corrected chi connectivity index (χ2v) is 6.25. The molecule has 19 heavy (non-hydrogen) atoms. The molecule has 4 nitrogen and oxygen atoms in total. The summed E-state index contributed by atoms with van der Waals surface area (Å²) in [5, 5.41) is 9.44. The maximum absolute atomic E-state index is 6.04. The van der Waals surface area contributed by atoms with E-state index in [-0.39, 0.29) is 5.41 Å². The Morgan fingerprint density at radius 3 is 2.21 bits per heavy atom.